The number of nitrogens with one attached hydrogen (secondary N) is 1. The van der Waals surface area contributed by atoms with Crippen LogP contribution in [0.4, 0.5) is 0 Å². The Morgan fingerprint density at radius 1 is 1.12 bits per heavy atom. The van der Waals surface area contributed by atoms with Crippen LogP contribution in [0.15, 0.2) is 30.3 Å². The highest BCUT2D eigenvalue weighted by atomic mass is 16.7. The van der Waals surface area contributed by atoms with E-state index in [1.165, 1.54) is 24.8 Å². The van der Waals surface area contributed by atoms with Crippen molar-refractivity contribution in [2.24, 2.45) is 0 Å². The lowest BCUT2D eigenvalue weighted by molar-refractivity contribution is -0.159. The summed E-state index contributed by atoms with van der Waals surface area (Å²) in [5.41, 5.74) is 4.20. The Morgan fingerprint density at radius 2 is 1.69 bits per heavy atom. The molecule has 26 heavy (non-hydrogen) atoms. The van der Waals surface area contributed by atoms with Crippen LogP contribution in [0.2, 0.25) is 0 Å². The quantitative estimate of drug-likeness (QED) is 0.387. The lowest BCUT2D eigenvalue weighted by Gasteiger charge is -2.26. The zero-order valence-corrected chi connectivity index (χ0v) is 14.8. The Hall–Kier alpha value is -2.49. The van der Waals surface area contributed by atoms with Crippen molar-refractivity contribution in [3.63, 3.8) is 0 Å². The fourth-order valence-electron chi connectivity index (χ4n) is 1.83. The number of carbonyl (C=O) groups is 3. The summed E-state index contributed by atoms with van der Waals surface area (Å²) in [6, 6.07) is 10.2. The molecule has 2 rings (SSSR count). The molecule has 0 bridgehead atoms. The average molecular weight is 370 g/mol. The first kappa shape index (κ1) is 23.5. The smallest absolute Gasteiger partial charge is 0.414 e. The van der Waals surface area contributed by atoms with Crippen LogP contribution in [0.1, 0.15) is 31.7 Å². The summed E-state index contributed by atoms with van der Waals surface area (Å²) in [5.74, 6) is -3.65. The maximum atomic E-state index is 9.18. The highest BCUT2D eigenvalue weighted by Crippen LogP contribution is 2.06. The second-order valence-corrected chi connectivity index (χ2v) is 5.08. The zero-order valence-electron chi connectivity index (χ0n) is 14.8. The number of nitrogens with zero attached hydrogens (tertiary/aromatic N) is 1. The summed E-state index contributed by atoms with van der Waals surface area (Å²) >= 11 is 0. The Kier molecular flexibility index (Phi) is 14.5. The molecule has 0 saturated carbocycles. The minimum atomic E-state index is -1.82. The van der Waals surface area contributed by atoms with Gasteiger partial charge in [0.25, 0.3) is 6.47 Å². The molecule has 1 aromatic carbocycles. The minimum Gasteiger partial charge on any atom is -0.473 e. The topological polar surface area (TPSA) is 125 Å². The highest BCUT2D eigenvalue weighted by Gasteiger charge is 2.08. The molecule has 3 N–H and O–H groups in total. The summed E-state index contributed by atoms with van der Waals surface area (Å²) in [5, 5.41) is 16.9. The normalized spacial score (nSPS) is 13.3. The molecule has 0 atom stereocenters. The molecule has 0 aromatic heterocycles. The molecule has 0 spiro atoms. The van der Waals surface area contributed by atoms with Crippen molar-refractivity contribution in [3.05, 3.63) is 35.9 Å². The van der Waals surface area contributed by atoms with E-state index < -0.39 is 11.9 Å². The first-order chi connectivity index (χ1) is 12.5. The van der Waals surface area contributed by atoms with Crippen molar-refractivity contribution >= 4 is 18.4 Å². The molecule has 146 valence electrons. The van der Waals surface area contributed by atoms with Crippen LogP contribution in [-0.2, 0) is 30.6 Å². The molecule has 0 radical (unpaired) electrons. The molecular formula is C17H26N2O7. The van der Waals surface area contributed by atoms with E-state index >= 15 is 0 Å². The number of carboxylic acid groups (broad SMARTS) is 2. The van der Waals surface area contributed by atoms with Gasteiger partial charge in [-0.1, -0.05) is 36.8 Å². The summed E-state index contributed by atoms with van der Waals surface area (Å²) in [6.45, 7) is 5.47. The Morgan fingerprint density at radius 3 is 2.12 bits per heavy atom. The van der Waals surface area contributed by atoms with Crippen LogP contribution < -0.4 is 5.59 Å². The molecule has 9 nitrogen and oxygen atoms in total. The van der Waals surface area contributed by atoms with Crippen LogP contribution in [0.25, 0.3) is 0 Å². The molecule has 1 fully saturated rings. The molecule has 9 heteroatoms. The number of hydrogen-bond acceptors (Lipinski definition) is 7. The molecule has 0 amide bonds. The molecule has 0 unspecified atom stereocenters. The van der Waals surface area contributed by atoms with Gasteiger partial charge < -0.3 is 14.9 Å². The van der Waals surface area contributed by atoms with E-state index in [4.69, 9.17) is 24.6 Å². The Labute approximate surface area is 152 Å². The van der Waals surface area contributed by atoms with Crippen LogP contribution in [0.5, 0.6) is 0 Å². The maximum absolute atomic E-state index is 9.18. The molecular weight excluding hydrogens is 344 g/mol. The standard InChI is InChI=1S/C12H18N2O.C3H6O2.C2H2O4/c1-3-7-12(8-4-1)11-15-13-14-9-5-2-6-10-14;1-2-5-3-4;3-1(4)2(5)6/h1,3-4,7-8,13H,2,5-6,9-11H2;3H,2H2,1H3;(H,3,4)(H,5,6). The van der Waals surface area contributed by atoms with E-state index in [0.717, 1.165) is 13.1 Å². The van der Waals surface area contributed by atoms with Crippen molar-refractivity contribution < 1.29 is 34.2 Å². The number of rotatable bonds is 6. The highest BCUT2D eigenvalue weighted by molar-refractivity contribution is 6.27. The number of carbonyl (C=O) groups excluding carboxylic acids is 1. The van der Waals surface area contributed by atoms with Gasteiger partial charge >= 0.3 is 11.9 Å². The second kappa shape index (κ2) is 16.0. The van der Waals surface area contributed by atoms with Gasteiger partial charge in [-0.05, 0) is 25.3 Å². The van der Waals surface area contributed by atoms with E-state index in [-0.39, 0.29) is 0 Å². The first-order valence-electron chi connectivity index (χ1n) is 8.19. The second-order valence-electron chi connectivity index (χ2n) is 5.08. The number of hydrogen-bond donors (Lipinski definition) is 3. The molecule has 1 heterocycles. The Balaban J connectivity index is 0.000000474. The van der Waals surface area contributed by atoms with E-state index in [1.54, 1.807) is 6.92 Å². The van der Waals surface area contributed by atoms with Gasteiger partial charge in [-0.25, -0.2) is 14.6 Å². The Bertz CT molecular complexity index is 493. The molecule has 1 aromatic rings. The molecule has 1 aliphatic heterocycles. The number of piperidine rings is 1. The van der Waals surface area contributed by atoms with Crippen LogP contribution in [-0.4, -0.2) is 53.3 Å². The van der Waals surface area contributed by atoms with Gasteiger partial charge in [-0.2, -0.15) is 0 Å². The zero-order chi connectivity index (χ0) is 19.6. The van der Waals surface area contributed by atoms with E-state index in [0.29, 0.717) is 19.7 Å². The van der Waals surface area contributed by atoms with Crippen molar-refractivity contribution in [1.82, 2.24) is 10.6 Å². The predicted octanol–water partition coefficient (Wildman–Crippen LogP) is 1.44. The van der Waals surface area contributed by atoms with E-state index in [9.17, 15) is 4.79 Å². The largest absolute Gasteiger partial charge is 0.473 e. The lowest BCUT2D eigenvalue weighted by Crippen LogP contribution is -2.41. The maximum Gasteiger partial charge on any atom is 0.414 e. The van der Waals surface area contributed by atoms with Gasteiger partial charge in [0.2, 0.25) is 0 Å². The molecule has 0 aliphatic carbocycles. The summed E-state index contributed by atoms with van der Waals surface area (Å²) in [7, 11) is 0. The average Bonchev–Trinajstić information content (AvgIpc) is 2.65. The number of aliphatic carboxylic acids is 2. The number of carboxylic acids is 2. The number of ether oxygens (including phenoxy) is 1. The summed E-state index contributed by atoms with van der Waals surface area (Å²) < 4.78 is 4.15. The van der Waals surface area contributed by atoms with Crippen molar-refractivity contribution in [1.29, 1.82) is 0 Å². The summed E-state index contributed by atoms with van der Waals surface area (Å²) in [4.78, 5) is 32.8. The summed E-state index contributed by atoms with van der Waals surface area (Å²) in [6.07, 6.45) is 3.88. The minimum absolute atomic E-state index is 0.431. The number of hydrazine groups is 1. The van der Waals surface area contributed by atoms with Gasteiger partial charge in [-0.3, -0.25) is 9.63 Å². The van der Waals surface area contributed by atoms with Gasteiger partial charge in [0.15, 0.2) is 0 Å². The third kappa shape index (κ3) is 13.9. The third-order valence-corrected chi connectivity index (χ3v) is 3.05. The van der Waals surface area contributed by atoms with E-state index in [1.807, 2.05) is 18.2 Å². The fraction of sp³-hybridized carbons (Fsp3) is 0.471. The first-order valence-corrected chi connectivity index (χ1v) is 8.19. The monoisotopic (exact) mass is 370 g/mol. The van der Waals surface area contributed by atoms with Gasteiger partial charge in [0.05, 0.1) is 13.2 Å². The van der Waals surface area contributed by atoms with Crippen LogP contribution in [0, 0.1) is 0 Å². The van der Waals surface area contributed by atoms with Crippen LogP contribution >= 0.6 is 0 Å². The third-order valence-electron chi connectivity index (χ3n) is 3.05. The fourth-order valence-corrected chi connectivity index (χ4v) is 1.83. The van der Waals surface area contributed by atoms with Crippen molar-refractivity contribution in [2.45, 2.75) is 32.8 Å². The van der Waals surface area contributed by atoms with Gasteiger partial charge in [-0.15, -0.1) is 5.59 Å². The number of benzene rings is 1. The lowest BCUT2D eigenvalue weighted by atomic mass is 10.2. The molecule has 1 aliphatic rings. The van der Waals surface area contributed by atoms with E-state index in [2.05, 4.69) is 27.5 Å². The SMILES string of the molecule is CCOC=O.O=C(O)C(=O)O.c1ccc(CONN2CCCCC2)cc1. The van der Waals surface area contributed by atoms with Crippen molar-refractivity contribution in [2.75, 3.05) is 19.7 Å². The van der Waals surface area contributed by atoms with Gasteiger partial charge in [0, 0.05) is 13.1 Å². The molecule has 1 saturated heterocycles. The predicted molar refractivity (Wildman–Crippen MR) is 92.8 cm³/mol. The van der Waals surface area contributed by atoms with Crippen molar-refractivity contribution in [3.8, 4) is 0 Å². The van der Waals surface area contributed by atoms with Gasteiger partial charge in [0.1, 0.15) is 0 Å². The van der Waals surface area contributed by atoms with Crippen LogP contribution in [0.3, 0.4) is 0 Å².